The maximum absolute atomic E-state index is 13.0. The summed E-state index contributed by atoms with van der Waals surface area (Å²) in [5.74, 6) is -4.68. The molecule has 1 aromatic carbocycles. The minimum absolute atomic E-state index is 0.0462. The second-order valence-corrected chi connectivity index (χ2v) is 8.37. The topological polar surface area (TPSA) is 252 Å². The zero-order valence-corrected chi connectivity index (χ0v) is 20.6. The van der Waals surface area contributed by atoms with E-state index in [0.29, 0.717) is 5.56 Å². The van der Waals surface area contributed by atoms with Crippen LogP contribution >= 0.6 is 0 Å². The molecule has 0 spiro atoms. The van der Waals surface area contributed by atoms with Crippen molar-refractivity contribution in [1.82, 2.24) is 16.0 Å². The standard InChI is InChI=1S/C23H35N7O7/c1-13(28-20(34)15(24)9-10-18(31)32)19(33)30-17(12-14-6-3-2-4-7-14)21(35)29-16(22(36)37)8-5-11-27-23(25)26/h2-4,6-7,13,15-17H,5,8-12,24H2,1H3,(H,28,34)(H,29,35)(H,30,33)(H,31,32)(H,36,37)(H4,25,26,27). The van der Waals surface area contributed by atoms with E-state index in [1.165, 1.54) is 6.92 Å². The van der Waals surface area contributed by atoms with Gasteiger partial charge in [0.05, 0.1) is 6.04 Å². The molecule has 4 atom stereocenters. The van der Waals surface area contributed by atoms with Gasteiger partial charge in [-0.1, -0.05) is 30.3 Å². The first-order chi connectivity index (χ1) is 17.4. The van der Waals surface area contributed by atoms with E-state index in [1.807, 2.05) is 0 Å². The van der Waals surface area contributed by atoms with E-state index in [-0.39, 0.29) is 44.6 Å². The van der Waals surface area contributed by atoms with E-state index in [4.69, 9.17) is 22.3 Å². The van der Waals surface area contributed by atoms with Crippen molar-refractivity contribution in [1.29, 1.82) is 0 Å². The van der Waals surface area contributed by atoms with Gasteiger partial charge in [0, 0.05) is 19.4 Å². The van der Waals surface area contributed by atoms with Crippen molar-refractivity contribution in [3.63, 3.8) is 0 Å². The summed E-state index contributed by atoms with van der Waals surface area (Å²) < 4.78 is 0. The Hall–Kier alpha value is -4.20. The Balaban J connectivity index is 2.89. The van der Waals surface area contributed by atoms with Crippen molar-refractivity contribution in [2.45, 2.75) is 63.2 Å². The van der Waals surface area contributed by atoms with Gasteiger partial charge in [0.1, 0.15) is 18.1 Å². The quantitative estimate of drug-likeness (QED) is 0.0676. The van der Waals surface area contributed by atoms with E-state index in [1.54, 1.807) is 30.3 Å². The first kappa shape index (κ1) is 30.8. The van der Waals surface area contributed by atoms with Gasteiger partial charge >= 0.3 is 11.9 Å². The molecule has 0 radical (unpaired) electrons. The van der Waals surface area contributed by atoms with Gasteiger partial charge in [-0.2, -0.15) is 0 Å². The molecule has 1 rings (SSSR count). The Morgan fingerprint density at radius 1 is 0.892 bits per heavy atom. The molecular formula is C23H35N7O7. The van der Waals surface area contributed by atoms with Crippen LogP contribution in [0.2, 0.25) is 0 Å². The number of nitrogens with two attached hydrogens (primary N) is 3. The third kappa shape index (κ3) is 12.4. The third-order valence-electron chi connectivity index (χ3n) is 5.23. The van der Waals surface area contributed by atoms with Crippen LogP contribution in [0.25, 0.3) is 0 Å². The molecule has 1 aromatic rings. The molecule has 0 aliphatic heterocycles. The molecule has 3 amide bonds. The number of carboxylic acids is 2. The van der Waals surface area contributed by atoms with Gasteiger partial charge in [0.2, 0.25) is 17.7 Å². The molecular weight excluding hydrogens is 486 g/mol. The lowest BCUT2D eigenvalue weighted by molar-refractivity contribution is -0.142. The van der Waals surface area contributed by atoms with E-state index in [0.717, 1.165) is 0 Å². The first-order valence-electron chi connectivity index (χ1n) is 11.6. The number of nitrogens with zero attached hydrogens (tertiary/aromatic N) is 1. The molecule has 0 aliphatic rings. The summed E-state index contributed by atoms with van der Waals surface area (Å²) in [5, 5.41) is 25.6. The number of hydrogen-bond acceptors (Lipinski definition) is 7. The van der Waals surface area contributed by atoms with Crippen molar-refractivity contribution in [2.75, 3.05) is 6.54 Å². The van der Waals surface area contributed by atoms with Crippen LogP contribution in [0.15, 0.2) is 35.3 Å². The number of hydrogen-bond donors (Lipinski definition) is 8. The molecule has 37 heavy (non-hydrogen) atoms. The average molecular weight is 522 g/mol. The van der Waals surface area contributed by atoms with Crippen LogP contribution in [-0.2, 0) is 30.4 Å². The van der Waals surface area contributed by atoms with Gasteiger partial charge in [-0.05, 0) is 31.7 Å². The van der Waals surface area contributed by atoms with Gasteiger partial charge in [0.15, 0.2) is 5.96 Å². The van der Waals surface area contributed by atoms with Crippen LogP contribution in [0, 0.1) is 0 Å². The normalized spacial score (nSPS) is 13.8. The van der Waals surface area contributed by atoms with Crippen molar-refractivity contribution < 1.29 is 34.2 Å². The number of amides is 3. The highest BCUT2D eigenvalue weighted by molar-refractivity contribution is 5.94. The fourth-order valence-electron chi connectivity index (χ4n) is 3.19. The van der Waals surface area contributed by atoms with Gasteiger partial charge in [-0.3, -0.25) is 24.2 Å². The second kappa shape index (κ2) is 15.7. The Bertz CT molecular complexity index is 967. The summed E-state index contributed by atoms with van der Waals surface area (Å²) >= 11 is 0. The zero-order chi connectivity index (χ0) is 28.0. The Labute approximate surface area is 214 Å². The van der Waals surface area contributed by atoms with Crippen molar-refractivity contribution in [2.24, 2.45) is 22.2 Å². The van der Waals surface area contributed by atoms with Gasteiger partial charge in [-0.25, -0.2) is 4.79 Å². The third-order valence-corrected chi connectivity index (χ3v) is 5.23. The minimum atomic E-state index is -1.26. The lowest BCUT2D eigenvalue weighted by Crippen LogP contribution is -2.57. The molecule has 0 saturated carbocycles. The fraction of sp³-hybridized carbons (Fsp3) is 0.478. The molecule has 0 fully saturated rings. The van der Waals surface area contributed by atoms with Crippen molar-refractivity contribution in [3.8, 4) is 0 Å². The highest BCUT2D eigenvalue weighted by Gasteiger charge is 2.29. The lowest BCUT2D eigenvalue weighted by atomic mass is 10.0. The number of guanidine groups is 1. The lowest BCUT2D eigenvalue weighted by Gasteiger charge is -2.24. The molecule has 0 aliphatic carbocycles. The highest BCUT2D eigenvalue weighted by Crippen LogP contribution is 2.06. The van der Waals surface area contributed by atoms with Gasteiger partial charge in [-0.15, -0.1) is 0 Å². The van der Waals surface area contributed by atoms with Gasteiger partial charge in [0.25, 0.3) is 0 Å². The van der Waals surface area contributed by atoms with Crippen molar-refractivity contribution >= 4 is 35.6 Å². The molecule has 11 N–H and O–H groups in total. The van der Waals surface area contributed by atoms with Crippen LogP contribution in [0.3, 0.4) is 0 Å². The van der Waals surface area contributed by atoms with Crippen LogP contribution in [0.5, 0.6) is 0 Å². The summed E-state index contributed by atoms with van der Waals surface area (Å²) in [6, 6.07) is 4.10. The molecule has 0 aromatic heterocycles. The summed E-state index contributed by atoms with van der Waals surface area (Å²) in [6.45, 7) is 1.55. The van der Waals surface area contributed by atoms with Crippen LogP contribution in [-0.4, -0.2) is 76.5 Å². The van der Waals surface area contributed by atoms with E-state index in [9.17, 15) is 29.1 Å². The summed E-state index contributed by atoms with van der Waals surface area (Å²) in [5.41, 5.74) is 16.9. The first-order valence-corrected chi connectivity index (χ1v) is 11.6. The summed E-state index contributed by atoms with van der Waals surface area (Å²) in [6.07, 6.45) is -0.0440. The number of benzene rings is 1. The molecule has 0 bridgehead atoms. The molecule has 14 nitrogen and oxygen atoms in total. The number of aliphatic imine (C=N–C) groups is 1. The number of nitrogens with one attached hydrogen (secondary N) is 3. The Morgan fingerprint density at radius 3 is 2.08 bits per heavy atom. The molecule has 204 valence electrons. The highest BCUT2D eigenvalue weighted by atomic mass is 16.4. The monoisotopic (exact) mass is 521 g/mol. The SMILES string of the molecule is CC(NC(=O)C(N)CCC(=O)O)C(=O)NC(Cc1ccccc1)C(=O)NC(CCCN=C(N)N)C(=O)O. The van der Waals surface area contributed by atoms with E-state index >= 15 is 0 Å². The molecule has 14 heteroatoms. The fourth-order valence-corrected chi connectivity index (χ4v) is 3.19. The maximum atomic E-state index is 13.0. The number of carbonyl (C=O) groups is 5. The smallest absolute Gasteiger partial charge is 0.326 e. The van der Waals surface area contributed by atoms with Gasteiger partial charge < -0.3 is 43.4 Å². The zero-order valence-electron chi connectivity index (χ0n) is 20.6. The molecule has 0 saturated heterocycles. The average Bonchev–Trinajstić information content (AvgIpc) is 2.83. The minimum Gasteiger partial charge on any atom is -0.481 e. The number of rotatable bonds is 16. The van der Waals surface area contributed by atoms with E-state index < -0.39 is 53.8 Å². The van der Waals surface area contributed by atoms with Crippen LogP contribution < -0.4 is 33.2 Å². The van der Waals surface area contributed by atoms with E-state index in [2.05, 4.69) is 20.9 Å². The van der Waals surface area contributed by atoms with Crippen LogP contribution in [0.4, 0.5) is 0 Å². The van der Waals surface area contributed by atoms with Crippen molar-refractivity contribution in [3.05, 3.63) is 35.9 Å². The summed E-state index contributed by atoms with van der Waals surface area (Å²) in [7, 11) is 0. The predicted octanol–water partition coefficient (Wildman–Crippen LogP) is -1.97. The molecule has 0 heterocycles. The number of aliphatic carboxylic acids is 2. The maximum Gasteiger partial charge on any atom is 0.326 e. The number of carbonyl (C=O) groups excluding carboxylic acids is 3. The summed E-state index contributed by atoms with van der Waals surface area (Å²) in [4.78, 5) is 64.1. The Kier molecular flexibility index (Phi) is 13.1. The predicted molar refractivity (Wildman–Crippen MR) is 134 cm³/mol. The largest absolute Gasteiger partial charge is 0.481 e. The van der Waals surface area contributed by atoms with Crippen LogP contribution in [0.1, 0.15) is 38.2 Å². The Morgan fingerprint density at radius 2 is 1.51 bits per heavy atom. The number of carboxylic acid groups (broad SMARTS) is 2. The molecule has 4 unspecified atom stereocenters. The second-order valence-electron chi connectivity index (χ2n) is 8.37.